The zero-order valence-corrected chi connectivity index (χ0v) is 6.05. The molecule has 0 aliphatic heterocycles. The Kier molecular flexibility index (Phi) is 5.86. The van der Waals surface area contributed by atoms with Gasteiger partial charge in [-0.3, -0.25) is 0 Å². The first kappa shape index (κ1) is 9.23. The van der Waals surface area contributed by atoms with Crippen LogP contribution in [0, 0.1) is 0 Å². The third-order valence-electron chi connectivity index (χ3n) is 0.864. The van der Waals surface area contributed by atoms with Crippen LogP contribution >= 0.6 is 0 Å². The van der Waals surface area contributed by atoms with E-state index in [9.17, 15) is 9.90 Å². The number of carboxylic acid groups (broad SMARTS) is 1. The highest BCUT2D eigenvalue weighted by Crippen LogP contribution is 1.77. The van der Waals surface area contributed by atoms with E-state index in [-0.39, 0.29) is 0 Å². The third kappa shape index (κ3) is 7.23. The standard InChI is InChI=1S/C6H13NO3/c1-2-4-10-5-3-7-6(8)9/h7H,2-5H2,1H3,(H,8,9)/p-1. The van der Waals surface area contributed by atoms with Gasteiger partial charge >= 0.3 is 0 Å². The first-order valence-electron chi connectivity index (χ1n) is 3.30. The molecule has 0 aromatic heterocycles. The number of carbonyl (C=O) groups excluding carboxylic acids is 1. The first-order valence-corrected chi connectivity index (χ1v) is 3.30. The number of nitrogens with one attached hydrogen (secondary N) is 1. The van der Waals surface area contributed by atoms with Crippen molar-refractivity contribution in [1.29, 1.82) is 0 Å². The van der Waals surface area contributed by atoms with Gasteiger partial charge in [-0.25, -0.2) is 0 Å². The summed E-state index contributed by atoms with van der Waals surface area (Å²) in [7, 11) is 0. The van der Waals surface area contributed by atoms with E-state index >= 15 is 0 Å². The Bertz CT molecular complexity index is 95.0. The lowest BCUT2D eigenvalue weighted by molar-refractivity contribution is -0.250. The van der Waals surface area contributed by atoms with Crippen molar-refractivity contribution in [3.05, 3.63) is 0 Å². The van der Waals surface area contributed by atoms with Gasteiger partial charge in [-0.2, -0.15) is 0 Å². The smallest absolute Gasteiger partial charge is 0.134 e. The molecule has 0 unspecified atom stereocenters. The van der Waals surface area contributed by atoms with Crippen LogP contribution in [0.5, 0.6) is 0 Å². The van der Waals surface area contributed by atoms with Gasteiger partial charge in [0.05, 0.1) is 6.61 Å². The Hall–Kier alpha value is -0.770. The molecule has 1 amide bonds. The molecule has 4 heteroatoms. The van der Waals surface area contributed by atoms with Crippen LogP contribution in [0.4, 0.5) is 4.79 Å². The summed E-state index contributed by atoms with van der Waals surface area (Å²) in [6, 6.07) is 0. The average Bonchev–Trinajstić information content (AvgIpc) is 1.87. The summed E-state index contributed by atoms with van der Waals surface area (Å²) in [5.74, 6) is 0. The van der Waals surface area contributed by atoms with Crippen molar-refractivity contribution < 1.29 is 14.6 Å². The molecule has 0 heterocycles. The maximum atomic E-state index is 9.75. The molecule has 0 bridgehead atoms. The second kappa shape index (κ2) is 6.35. The molecule has 0 fully saturated rings. The minimum Gasteiger partial charge on any atom is -0.530 e. The lowest BCUT2D eigenvalue weighted by Gasteiger charge is -2.05. The number of rotatable bonds is 5. The highest BCUT2D eigenvalue weighted by molar-refractivity contribution is 5.61. The first-order chi connectivity index (χ1) is 4.77. The Morgan fingerprint density at radius 1 is 1.60 bits per heavy atom. The van der Waals surface area contributed by atoms with E-state index < -0.39 is 6.09 Å². The number of hydrogen-bond acceptors (Lipinski definition) is 3. The van der Waals surface area contributed by atoms with Gasteiger partial charge in [0, 0.05) is 13.2 Å². The topological polar surface area (TPSA) is 61.4 Å². The highest BCUT2D eigenvalue weighted by Gasteiger charge is 1.84. The van der Waals surface area contributed by atoms with Crippen molar-refractivity contribution in [2.24, 2.45) is 0 Å². The van der Waals surface area contributed by atoms with Gasteiger partial charge in [0.25, 0.3) is 0 Å². The van der Waals surface area contributed by atoms with Gasteiger partial charge in [0.15, 0.2) is 0 Å². The molecule has 0 rings (SSSR count). The fourth-order valence-electron chi connectivity index (χ4n) is 0.472. The van der Waals surface area contributed by atoms with Gasteiger partial charge in [0.1, 0.15) is 6.09 Å². The molecule has 1 N–H and O–H groups in total. The summed E-state index contributed by atoms with van der Waals surface area (Å²) in [6.07, 6.45) is -0.300. The van der Waals surface area contributed by atoms with E-state index in [1.165, 1.54) is 0 Å². The molecule has 4 nitrogen and oxygen atoms in total. The van der Waals surface area contributed by atoms with Crippen molar-refractivity contribution >= 4 is 6.09 Å². The van der Waals surface area contributed by atoms with Crippen molar-refractivity contribution in [3.8, 4) is 0 Å². The summed E-state index contributed by atoms with van der Waals surface area (Å²) in [5.41, 5.74) is 0. The van der Waals surface area contributed by atoms with E-state index in [4.69, 9.17) is 4.74 Å². The van der Waals surface area contributed by atoms with Crippen molar-refractivity contribution in [2.45, 2.75) is 13.3 Å². The van der Waals surface area contributed by atoms with Crippen LogP contribution in [0.15, 0.2) is 0 Å². The van der Waals surface area contributed by atoms with Gasteiger partial charge in [0.2, 0.25) is 0 Å². The molecule has 60 valence electrons. The quantitative estimate of drug-likeness (QED) is 0.524. The maximum absolute atomic E-state index is 9.75. The van der Waals surface area contributed by atoms with Gasteiger partial charge < -0.3 is 20.0 Å². The normalized spacial score (nSPS) is 9.30. The predicted octanol–water partition coefficient (Wildman–Crippen LogP) is -0.654. The molecule has 0 aliphatic carbocycles. The Morgan fingerprint density at radius 2 is 2.30 bits per heavy atom. The average molecular weight is 146 g/mol. The second-order valence-electron chi connectivity index (χ2n) is 1.83. The van der Waals surface area contributed by atoms with E-state index in [0.29, 0.717) is 19.8 Å². The highest BCUT2D eigenvalue weighted by atomic mass is 16.5. The molecular weight excluding hydrogens is 134 g/mol. The molecule has 0 atom stereocenters. The van der Waals surface area contributed by atoms with Crippen LogP contribution in [0.2, 0.25) is 0 Å². The summed E-state index contributed by atoms with van der Waals surface area (Å²) in [5, 5.41) is 11.8. The molecule has 0 aromatic rings. The van der Waals surface area contributed by atoms with Crippen LogP contribution in [0.3, 0.4) is 0 Å². The minimum absolute atomic E-state index is 0.308. The van der Waals surface area contributed by atoms with Crippen LogP contribution in [0.1, 0.15) is 13.3 Å². The monoisotopic (exact) mass is 146 g/mol. The Morgan fingerprint density at radius 3 is 2.80 bits per heavy atom. The zero-order valence-electron chi connectivity index (χ0n) is 6.05. The molecule has 0 radical (unpaired) electrons. The molecule has 0 saturated heterocycles. The van der Waals surface area contributed by atoms with Crippen LogP contribution in [-0.2, 0) is 4.74 Å². The lowest BCUT2D eigenvalue weighted by atomic mass is 10.5. The largest absolute Gasteiger partial charge is 0.530 e. The van der Waals surface area contributed by atoms with Crippen molar-refractivity contribution in [1.82, 2.24) is 5.32 Å². The minimum atomic E-state index is -1.25. The number of carbonyl (C=O) groups is 1. The predicted molar refractivity (Wildman–Crippen MR) is 34.5 cm³/mol. The number of ether oxygens (including phenoxy) is 1. The van der Waals surface area contributed by atoms with E-state index in [2.05, 4.69) is 5.32 Å². The second-order valence-corrected chi connectivity index (χ2v) is 1.83. The van der Waals surface area contributed by atoms with Gasteiger partial charge in [-0.15, -0.1) is 0 Å². The lowest BCUT2D eigenvalue weighted by Crippen LogP contribution is -2.38. The SMILES string of the molecule is CCCOCCNC(=O)[O-]. The fourth-order valence-corrected chi connectivity index (χ4v) is 0.472. The molecule has 10 heavy (non-hydrogen) atoms. The van der Waals surface area contributed by atoms with Crippen molar-refractivity contribution in [2.75, 3.05) is 19.8 Å². The van der Waals surface area contributed by atoms with Crippen molar-refractivity contribution in [3.63, 3.8) is 0 Å². The Balaban J connectivity index is 2.84. The third-order valence-corrected chi connectivity index (χ3v) is 0.864. The van der Waals surface area contributed by atoms with Gasteiger partial charge in [-0.1, -0.05) is 6.92 Å². The van der Waals surface area contributed by atoms with Crippen LogP contribution < -0.4 is 10.4 Å². The van der Waals surface area contributed by atoms with E-state index in [0.717, 1.165) is 6.42 Å². The molecule has 0 saturated carbocycles. The summed E-state index contributed by atoms with van der Waals surface area (Å²) in [4.78, 5) is 9.75. The maximum Gasteiger partial charge on any atom is 0.134 e. The molecule has 0 aliphatic rings. The van der Waals surface area contributed by atoms with E-state index in [1.54, 1.807) is 0 Å². The molecule has 0 aromatic carbocycles. The van der Waals surface area contributed by atoms with E-state index in [1.807, 2.05) is 6.92 Å². The zero-order chi connectivity index (χ0) is 7.82. The number of amides is 1. The van der Waals surface area contributed by atoms with Crippen LogP contribution in [-0.4, -0.2) is 25.9 Å². The van der Waals surface area contributed by atoms with Crippen LogP contribution in [0.25, 0.3) is 0 Å². The summed E-state index contributed by atoms with van der Waals surface area (Å²) < 4.78 is 4.98. The Labute approximate surface area is 60.2 Å². The fraction of sp³-hybridized carbons (Fsp3) is 0.833. The van der Waals surface area contributed by atoms with Gasteiger partial charge in [-0.05, 0) is 6.42 Å². The molecule has 0 spiro atoms. The summed E-state index contributed by atoms with van der Waals surface area (Å²) in [6.45, 7) is 3.39. The summed E-state index contributed by atoms with van der Waals surface area (Å²) >= 11 is 0. The molecular formula is C6H12NO3-. The number of hydrogen-bond donors (Lipinski definition) is 1.